The van der Waals surface area contributed by atoms with E-state index < -0.39 is 5.97 Å². The van der Waals surface area contributed by atoms with E-state index in [1.54, 1.807) is 12.1 Å². The zero-order valence-corrected chi connectivity index (χ0v) is 11.3. The summed E-state index contributed by atoms with van der Waals surface area (Å²) in [5, 5.41) is 11.7. The van der Waals surface area contributed by atoms with Crippen molar-refractivity contribution in [2.45, 2.75) is 0 Å². The second-order valence-corrected chi connectivity index (χ2v) is 4.97. The van der Waals surface area contributed by atoms with Crippen LogP contribution in [0.25, 0.3) is 21.9 Å². The number of benzene rings is 3. The van der Waals surface area contributed by atoms with Gasteiger partial charge >= 0.3 is 5.97 Å². The maximum atomic E-state index is 10.9. The molecule has 0 amide bonds. The van der Waals surface area contributed by atoms with Crippen molar-refractivity contribution in [1.82, 2.24) is 0 Å². The Bertz CT molecular complexity index is 809. The van der Waals surface area contributed by atoms with Crippen LogP contribution < -0.4 is 0 Å². The number of fused-ring (bicyclic) bond motifs is 1. The van der Waals surface area contributed by atoms with Crippen LogP contribution in [0.3, 0.4) is 0 Å². The summed E-state index contributed by atoms with van der Waals surface area (Å²) in [6.45, 7) is 0. The fourth-order valence-electron chi connectivity index (χ4n) is 2.24. The number of carboxylic acid groups (broad SMARTS) is 1. The maximum Gasteiger partial charge on any atom is 0.335 e. The molecule has 2 nitrogen and oxygen atoms in total. The van der Waals surface area contributed by atoms with Crippen molar-refractivity contribution in [2.75, 3.05) is 0 Å². The average Bonchev–Trinajstić information content (AvgIpc) is 2.46. The topological polar surface area (TPSA) is 37.3 Å². The Kier molecular flexibility index (Phi) is 3.17. The number of carbonyl (C=O) groups is 1. The minimum atomic E-state index is -0.975. The highest BCUT2D eigenvalue weighted by atomic mass is 35.5. The molecular weight excluding hydrogens is 272 g/mol. The lowest BCUT2D eigenvalue weighted by Gasteiger charge is -2.07. The van der Waals surface area contributed by atoms with E-state index in [1.807, 2.05) is 36.4 Å². The zero-order chi connectivity index (χ0) is 14.1. The average molecular weight is 283 g/mol. The third-order valence-electron chi connectivity index (χ3n) is 3.28. The summed E-state index contributed by atoms with van der Waals surface area (Å²) in [6, 6.07) is 18.9. The number of hydrogen-bond donors (Lipinski definition) is 1. The van der Waals surface area contributed by atoms with Crippen molar-refractivity contribution in [3.8, 4) is 11.1 Å². The third-order valence-corrected chi connectivity index (χ3v) is 3.59. The Morgan fingerprint density at radius 1 is 0.900 bits per heavy atom. The van der Waals surface area contributed by atoms with Gasteiger partial charge in [-0.1, -0.05) is 54.1 Å². The van der Waals surface area contributed by atoms with Gasteiger partial charge in [-0.3, -0.25) is 0 Å². The molecule has 0 aliphatic carbocycles. The molecule has 0 aromatic heterocycles. The predicted octanol–water partition coefficient (Wildman–Crippen LogP) is 4.86. The van der Waals surface area contributed by atoms with Gasteiger partial charge in [0.2, 0.25) is 0 Å². The van der Waals surface area contributed by atoms with Crippen LogP contribution in [-0.2, 0) is 0 Å². The predicted molar refractivity (Wildman–Crippen MR) is 81.4 cm³/mol. The number of rotatable bonds is 2. The summed E-state index contributed by atoms with van der Waals surface area (Å²) in [4.78, 5) is 10.9. The zero-order valence-electron chi connectivity index (χ0n) is 10.5. The van der Waals surface area contributed by atoms with E-state index >= 15 is 0 Å². The van der Waals surface area contributed by atoms with Crippen LogP contribution in [0, 0.1) is 0 Å². The van der Waals surface area contributed by atoms with E-state index in [-0.39, 0.29) is 5.56 Å². The molecule has 0 unspecified atom stereocenters. The molecule has 0 aliphatic rings. The number of halogens is 1. The van der Waals surface area contributed by atoms with Crippen molar-refractivity contribution >= 4 is 28.3 Å². The summed E-state index contributed by atoms with van der Waals surface area (Å²) >= 11 is 6.20. The van der Waals surface area contributed by atoms with Crippen LogP contribution in [0.1, 0.15) is 10.4 Å². The molecule has 0 aliphatic heterocycles. The van der Waals surface area contributed by atoms with Gasteiger partial charge in [0, 0.05) is 10.6 Å². The molecule has 0 fully saturated rings. The Balaban J connectivity index is 2.13. The monoisotopic (exact) mass is 282 g/mol. The lowest BCUT2D eigenvalue weighted by Crippen LogP contribution is -1.95. The van der Waals surface area contributed by atoms with Crippen LogP contribution in [0.2, 0.25) is 5.02 Å². The summed E-state index contributed by atoms with van der Waals surface area (Å²) in [7, 11) is 0. The molecule has 0 bridgehead atoms. The molecule has 0 atom stereocenters. The van der Waals surface area contributed by atoms with Gasteiger partial charge in [-0.2, -0.15) is 0 Å². The van der Waals surface area contributed by atoms with E-state index in [4.69, 9.17) is 16.7 Å². The lowest BCUT2D eigenvalue weighted by atomic mass is 10.0. The highest BCUT2D eigenvalue weighted by molar-refractivity contribution is 6.33. The van der Waals surface area contributed by atoms with Gasteiger partial charge in [-0.15, -0.1) is 0 Å². The van der Waals surface area contributed by atoms with Gasteiger partial charge in [0.05, 0.1) is 5.56 Å². The molecule has 3 aromatic rings. The van der Waals surface area contributed by atoms with Crippen LogP contribution >= 0.6 is 11.6 Å². The summed E-state index contributed by atoms with van der Waals surface area (Å²) in [6.07, 6.45) is 0. The Labute approximate surface area is 121 Å². The first kappa shape index (κ1) is 12.7. The summed E-state index contributed by atoms with van der Waals surface area (Å²) in [5.74, 6) is -0.975. The fourth-order valence-corrected chi connectivity index (χ4v) is 2.53. The standard InChI is InChI=1S/C17H11ClO2/c18-16-10-14(17(19)20)7-8-15(16)13-6-5-11-3-1-2-4-12(11)9-13/h1-10H,(H,19,20). The quantitative estimate of drug-likeness (QED) is 0.729. The van der Waals surface area contributed by atoms with Crippen LogP contribution in [0.15, 0.2) is 60.7 Å². The number of hydrogen-bond acceptors (Lipinski definition) is 1. The Morgan fingerprint density at radius 2 is 1.65 bits per heavy atom. The largest absolute Gasteiger partial charge is 0.478 e. The van der Waals surface area contributed by atoms with Gasteiger partial charge in [-0.25, -0.2) is 4.79 Å². The van der Waals surface area contributed by atoms with Gasteiger partial charge in [0.1, 0.15) is 0 Å². The first-order chi connectivity index (χ1) is 9.65. The molecule has 3 heteroatoms. The van der Waals surface area contributed by atoms with Crippen molar-refractivity contribution < 1.29 is 9.90 Å². The van der Waals surface area contributed by atoms with Crippen molar-refractivity contribution in [1.29, 1.82) is 0 Å². The molecule has 0 saturated carbocycles. The van der Waals surface area contributed by atoms with Gasteiger partial charge in [-0.05, 0) is 34.5 Å². The first-order valence-electron chi connectivity index (χ1n) is 6.17. The molecule has 0 radical (unpaired) electrons. The van der Waals surface area contributed by atoms with Gasteiger partial charge in [0.15, 0.2) is 0 Å². The highest BCUT2D eigenvalue weighted by Crippen LogP contribution is 2.31. The van der Waals surface area contributed by atoms with Crippen molar-refractivity contribution in [3.63, 3.8) is 0 Å². The Morgan fingerprint density at radius 3 is 2.35 bits per heavy atom. The van der Waals surface area contributed by atoms with E-state index in [2.05, 4.69) is 6.07 Å². The molecule has 0 heterocycles. The van der Waals surface area contributed by atoms with Crippen molar-refractivity contribution in [3.05, 3.63) is 71.2 Å². The molecule has 3 aromatic carbocycles. The highest BCUT2D eigenvalue weighted by Gasteiger charge is 2.09. The van der Waals surface area contributed by atoms with Crippen LogP contribution in [-0.4, -0.2) is 11.1 Å². The smallest absolute Gasteiger partial charge is 0.335 e. The molecule has 20 heavy (non-hydrogen) atoms. The molecule has 1 N–H and O–H groups in total. The molecule has 0 saturated heterocycles. The maximum absolute atomic E-state index is 10.9. The minimum absolute atomic E-state index is 0.194. The van der Waals surface area contributed by atoms with E-state index in [0.29, 0.717) is 5.02 Å². The summed E-state index contributed by atoms with van der Waals surface area (Å²) < 4.78 is 0. The SMILES string of the molecule is O=C(O)c1ccc(-c2ccc3ccccc3c2)c(Cl)c1. The second kappa shape index (κ2) is 4.99. The third kappa shape index (κ3) is 2.26. The molecule has 0 spiro atoms. The van der Waals surface area contributed by atoms with Crippen molar-refractivity contribution in [2.24, 2.45) is 0 Å². The van der Waals surface area contributed by atoms with Crippen LogP contribution in [0.5, 0.6) is 0 Å². The first-order valence-corrected chi connectivity index (χ1v) is 6.55. The minimum Gasteiger partial charge on any atom is -0.478 e. The second-order valence-electron chi connectivity index (χ2n) is 4.56. The van der Waals surface area contributed by atoms with Crippen LogP contribution in [0.4, 0.5) is 0 Å². The number of aromatic carboxylic acids is 1. The number of carboxylic acids is 1. The summed E-state index contributed by atoms with van der Waals surface area (Å²) in [5.41, 5.74) is 2.01. The van der Waals surface area contributed by atoms with E-state index in [1.165, 1.54) is 6.07 Å². The van der Waals surface area contributed by atoms with Gasteiger partial charge < -0.3 is 5.11 Å². The lowest BCUT2D eigenvalue weighted by molar-refractivity contribution is 0.0697. The normalized spacial score (nSPS) is 10.7. The molecule has 3 rings (SSSR count). The van der Waals surface area contributed by atoms with E-state index in [9.17, 15) is 4.79 Å². The molecular formula is C17H11ClO2. The molecule has 98 valence electrons. The van der Waals surface area contributed by atoms with E-state index in [0.717, 1.165) is 21.9 Å². The fraction of sp³-hybridized carbons (Fsp3) is 0. The Hall–Kier alpha value is -2.32. The van der Waals surface area contributed by atoms with Gasteiger partial charge in [0.25, 0.3) is 0 Å².